The fourth-order valence-electron chi connectivity index (χ4n) is 1.25. The maximum atomic E-state index is 10.8. The van der Waals surface area contributed by atoms with Gasteiger partial charge in [0.1, 0.15) is 0 Å². The van der Waals surface area contributed by atoms with Gasteiger partial charge >= 0.3 is 0 Å². The van der Waals surface area contributed by atoms with Crippen LogP contribution >= 0.6 is 0 Å². The predicted molar refractivity (Wildman–Crippen MR) is 52.6 cm³/mol. The van der Waals surface area contributed by atoms with Gasteiger partial charge in [-0.3, -0.25) is 9.78 Å². The summed E-state index contributed by atoms with van der Waals surface area (Å²) in [6.07, 6.45) is 4.02. The summed E-state index contributed by atoms with van der Waals surface area (Å²) in [5.41, 5.74) is 1.00. The first-order chi connectivity index (χ1) is 6.72. The van der Waals surface area contributed by atoms with Crippen molar-refractivity contribution in [2.24, 2.45) is 0 Å². The maximum absolute atomic E-state index is 10.8. The van der Waals surface area contributed by atoms with Gasteiger partial charge < -0.3 is 10.4 Å². The molecule has 1 rings (SSSR count). The molecular weight excluding hydrogens is 180 g/mol. The fraction of sp³-hybridized carbons (Fsp3) is 0.400. The Balaban J connectivity index is 2.53. The highest BCUT2D eigenvalue weighted by atomic mass is 16.3. The molecule has 0 unspecified atom stereocenters. The summed E-state index contributed by atoms with van der Waals surface area (Å²) in [6.45, 7) is 1.38. The van der Waals surface area contributed by atoms with Crippen molar-refractivity contribution < 1.29 is 9.90 Å². The summed E-state index contributed by atoms with van der Waals surface area (Å²) in [5.74, 6) is -0.132. The number of aliphatic hydroxyl groups excluding tert-OH is 1. The summed E-state index contributed by atoms with van der Waals surface area (Å²) in [7, 11) is 0. The van der Waals surface area contributed by atoms with E-state index in [9.17, 15) is 4.79 Å². The zero-order valence-corrected chi connectivity index (χ0v) is 8.10. The van der Waals surface area contributed by atoms with Crippen molar-refractivity contribution in [3.05, 3.63) is 30.1 Å². The topological polar surface area (TPSA) is 62.2 Å². The molecule has 1 aromatic heterocycles. The number of amides is 1. The normalized spacial score (nSPS) is 12.1. The van der Waals surface area contributed by atoms with E-state index in [4.69, 9.17) is 5.11 Å². The lowest BCUT2D eigenvalue weighted by molar-refractivity contribution is -0.119. The van der Waals surface area contributed by atoms with Gasteiger partial charge in [0, 0.05) is 19.3 Å². The number of nitrogens with one attached hydrogen (secondary N) is 1. The van der Waals surface area contributed by atoms with E-state index in [1.54, 1.807) is 12.4 Å². The molecule has 14 heavy (non-hydrogen) atoms. The Kier molecular flexibility index (Phi) is 4.07. The molecule has 1 aromatic rings. The van der Waals surface area contributed by atoms with Crippen LogP contribution in [-0.4, -0.2) is 28.6 Å². The van der Waals surface area contributed by atoms with Gasteiger partial charge in [-0.1, -0.05) is 6.07 Å². The van der Waals surface area contributed by atoms with Crippen LogP contribution in [0.3, 0.4) is 0 Å². The molecule has 1 amide bonds. The smallest absolute Gasteiger partial charge is 0.217 e. The molecule has 0 spiro atoms. The van der Waals surface area contributed by atoms with Crippen molar-refractivity contribution in [2.45, 2.75) is 19.4 Å². The lowest BCUT2D eigenvalue weighted by Gasteiger charge is -2.14. The van der Waals surface area contributed by atoms with Gasteiger partial charge in [-0.25, -0.2) is 0 Å². The van der Waals surface area contributed by atoms with Crippen LogP contribution in [-0.2, 0) is 11.2 Å². The summed E-state index contributed by atoms with van der Waals surface area (Å²) in [6, 6.07) is 3.52. The van der Waals surface area contributed by atoms with E-state index in [0.29, 0.717) is 6.42 Å². The van der Waals surface area contributed by atoms with Crippen molar-refractivity contribution in [2.75, 3.05) is 6.61 Å². The van der Waals surface area contributed by atoms with Gasteiger partial charge in [-0.15, -0.1) is 0 Å². The summed E-state index contributed by atoms with van der Waals surface area (Å²) >= 11 is 0. The number of aromatic nitrogens is 1. The third kappa shape index (κ3) is 3.53. The van der Waals surface area contributed by atoms with Gasteiger partial charge in [-0.2, -0.15) is 0 Å². The van der Waals surface area contributed by atoms with Crippen LogP contribution in [0.2, 0.25) is 0 Å². The van der Waals surface area contributed by atoms with Crippen LogP contribution in [0.5, 0.6) is 0 Å². The van der Waals surface area contributed by atoms with Crippen molar-refractivity contribution >= 4 is 5.91 Å². The number of nitrogens with zero attached hydrogens (tertiary/aromatic N) is 1. The molecule has 76 valence electrons. The Hall–Kier alpha value is -1.42. The number of carbonyl (C=O) groups excluding carboxylic acids is 1. The van der Waals surface area contributed by atoms with Crippen molar-refractivity contribution in [1.29, 1.82) is 0 Å². The maximum Gasteiger partial charge on any atom is 0.217 e. The van der Waals surface area contributed by atoms with Crippen LogP contribution in [0.1, 0.15) is 12.5 Å². The first-order valence-electron chi connectivity index (χ1n) is 4.49. The number of hydrogen-bond acceptors (Lipinski definition) is 3. The highest BCUT2D eigenvalue weighted by Crippen LogP contribution is 2.00. The highest BCUT2D eigenvalue weighted by molar-refractivity contribution is 5.73. The molecule has 0 saturated heterocycles. The van der Waals surface area contributed by atoms with Crippen molar-refractivity contribution in [3.8, 4) is 0 Å². The molecular formula is C10H14N2O2. The molecule has 4 nitrogen and oxygen atoms in total. The Morgan fingerprint density at radius 3 is 3.00 bits per heavy atom. The van der Waals surface area contributed by atoms with E-state index in [1.165, 1.54) is 6.92 Å². The monoisotopic (exact) mass is 194 g/mol. The minimum absolute atomic E-state index is 0.0610. The van der Waals surface area contributed by atoms with Crippen LogP contribution in [0, 0.1) is 0 Å². The highest BCUT2D eigenvalue weighted by Gasteiger charge is 2.08. The van der Waals surface area contributed by atoms with Gasteiger partial charge in [0.15, 0.2) is 0 Å². The lowest BCUT2D eigenvalue weighted by atomic mass is 10.1. The Morgan fingerprint density at radius 1 is 1.71 bits per heavy atom. The van der Waals surface area contributed by atoms with E-state index < -0.39 is 0 Å². The Labute approximate surface area is 83.0 Å². The summed E-state index contributed by atoms with van der Waals surface area (Å²) < 4.78 is 0. The molecule has 1 heterocycles. The molecule has 0 aromatic carbocycles. The SMILES string of the molecule is CC(=O)N[C@@H](CO)Cc1cccnc1. The summed E-state index contributed by atoms with van der Waals surface area (Å²) in [5, 5.41) is 11.7. The molecule has 0 aliphatic carbocycles. The number of rotatable bonds is 4. The van der Waals surface area contributed by atoms with Crippen molar-refractivity contribution in [1.82, 2.24) is 10.3 Å². The predicted octanol–water partition coefficient (Wildman–Crippen LogP) is 0.121. The lowest BCUT2D eigenvalue weighted by Crippen LogP contribution is -2.37. The second kappa shape index (κ2) is 5.34. The molecule has 4 heteroatoms. The summed E-state index contributed by atoms with van der Waals surface area (Å²) in [4.78, 5) is 14.7. The second-order valence-corrected chi connectivity index (χ2v) is 3.15. The average molecular weight is 194 g/mol. The third-order valence-electron chi connectivity index (χ3n) is 1.83. The van der Waals surface area contributed by atoms with Gasteiger partial charge in [0.2, 0.25) is 5.91 Å². The molecule has 1 atom stereocenters. The van der Waals surface area contributed by atoms with Gasteiger partial charge in [0.25, 0.3) is 0 Å². The second-order valence-electron chi connectivity index (χ2n) is 3.15. The van der Waals surface area contributed by atoms with Crippen molar-refractivity contribution in [3.63, 3.8) is 0 Å². The molecule has 0 aliphatic heterocycles. The van der Waals surface area contributed by atoms with E-state index in [1.807, 2.05) is 12.1 Å². The fourth-order valence-corrected chi connectivity index (χ4v) is 1.25. The molecule has 0 radical (unpaired) electrons. The molecule has 0 saturated carbocycles. The van der Waals surface area contributed by atoms with Crippen LogP contribution in [0.15, 0.2) is 24.5 Å². The third-order valence-corrected chi connectivity index (χ3v) is 1.83. The average Bonchev–Trinajstić information content (AvgIpc) is 2.17. The Morgan fingerprint density at radius 2 is 2.50 bits per heavy atom. The first-order valence-corrected chi connectivity index (χ1v) is 4.49. The first kappa shape index (κ1) is 10.7. The largest absolute Gasteiger partial charge is 0.394 e. The van der Waals surface area contributed by atoms with Gasteiger partial charge in [-0.05, 0) is 18.1 Å². The van der Waals surface area contributed by atoms with Gasteiger partial charge in [0.05, 0.1) is 12.6 Å². The van der Waals surface area contributed by atoms with E-state index >= 15 is 0 Å². The van der Waals surface area contributed by atoms with E-state index in [0.717, 1.165) is 5.56 Å². The molecule has 2 N–H and O–H groups in total. The minimum Gasteiger partial charge on any atom is -0.394 e. The number of carbonyl (C=O) groups is 1. The Bertz CT molecular complexity index is 287. The van der Waals surface area contributed by atoms with E-state index in [2.05, 4.69) is 10.3 Å². The molecule has 0 bridgehead atoms. The van der Waals surface area contributed by atoms with E-state index in [-0.39, 0.29) is 18.6 Å². The van der Waals surface area contributed by atoms with Crippen LogP contribution in [0.25, 0.3) is 0 Å². The minimum atomic E-state index is -0.225. The number of hydrogen-bond donors (Lipinski definition) is 2. The zero-order chi connectivity index (χ0) is 10.4. The standard InChI is InChI=1S/C10H14N2O2/c1-8(14)12-10(7-13)5-9-3-2-4-11-6-9/h2-4,6,10,13H,5,7H2,1H3,(H,12,14)/t10-/m1/s1. The van der Waals surface area contributed by atoms with Crippen LogP contribution in [0.4, 0.5) is 0 Å². The zero-order valence-electron chi connectivity index (χ0n) is 8.10. The molecule has 0 fully saturated rings. The quantitative estimate of drug-likeness (QED) is 0.715. The molecule has 0 aliphatic rings. The number of pyridine rings is 1. The number of aliphatic hydroxyl groups is 1. The van der Waals surface area contributed by atoms with Crippen LogP contribution < -0.4 is 5.32 Å².